The van der Waals surface area contributed by atoms with Gasteiger partial charge in [-0.3, -0.25) is 13.5 Å². The highest BCUT2D eigenvalue weighted by atomic mass is 32.3. The minimum atomic E-state index is -4.29. The molecule has 0 fully saturated rings. The first-order valence-corrected chi connectivity index (χ1v) is 14.0. The van der Waals surface area contributed by atoms with Gasteiger partial charge in [-0.25, -0.2) is 4.79 Å². The van der Waals surface area contributed by atoms with Crippen molar-refractivity contribution >= 4 is 71.1 Å². The van der Waals surface area contributed by atoms with Crippen LogP contribution in [-0.2, 0) is 31.7 Å². The minimum absolute atomic E-state index is 0.0131. The monoisotopic (exact) mass is 522 g/mol. The molecular formula is C20H16N3O6S4+. The fourth-order valence-electron chi connectivity index (χ4n) is 3.61. The molecule has 1 unspecified atom stereocenters. The van der Waals surface area contributed by atoms with Crippen LogP contribution in [0.2, 0.25) is 0 Å². The third kappa shape index (κ3) is 3.22. The van der Waals surface area contributed by atoms with Gasteiger partial charge < -0.3 is 4.74 Å². The Morgan fingerprint density at radius 1 is 1.18 bits per heavy atom. The molecule has 9 nitrogen and oxygen atoms in total. The first-order chi connectivity index (χ1) is 15.7. The van der Waals surface area contributed by atoms with Gasteiger partial charge >= 0.3 is 16.0 Å². The first kappa shape index (κ1) is 21.8. The number of thiophene rings is 1. The largest absolute Gasteiger partial charge is 0.465 e. The topological polar surface area (TPSA) is 115 Å². The van der Waals surface area contributed by atoms with E-state index < -0.39 is 25.9 Å². The van der Waals surface area contributed by atoms with Gasteiger partial charge in [-0.05, 0) is 62.7 Å². The summed E-state index contributed by atoms with van der Waals surface area (Å²) in [5.74, 6) is -0.659. The van der Waals surface area contributed by atoms with Crippen LogP contribution in [0.4, 0.5) is 11.4 Å². The molecule has 0 amide bonds. The number of nitrogens with one attached hydrogen (secondary N) is 1. The number of hydrogen-bond acceptors (Lipinski definition) is 8. The maximum Gasteiger partial charge on any atom is 0.419 e. The second-order valence-electron chi connectivity index (χ2n) is 7.07. The van der Waals surface area contributed by atoms with E-state index in [9.17, 15) is 22.2 Å². The van der Waals surface area contributed by atoms with Gasteiger partial charge in [0.2, 0.25) is 0 Å². The van der Waals surface area contributed by atoms with E-state index in [1.807, 2.05) is 0 Å². The highest BCUT2D eigenvalue weighted by molar-refractivity contribution is 7.99. The summed E-state index contributed by atoms with van der Waals surface area (Å²) in [6, 6.07) is 11.9. The lowest BCUT2D eigenvalue weighted by Crippen LogP contribution is -2.24. The summed E-state index contributed by atoms with van der Waals surface area (Å²) >= 11 is 1.98. The number of aryl methyl sites for hydroxylation is 1. The number of anilines is 1. The minimum Gasteiger partial charge on any atom is -0.465 e. The molecule has 33 heavy (non-hydrogen) atoms. The lowest BCUT2D eigenvalue weighted by atomic mass is 10.2. The Balaban J connectivity index is 1.87. The van der Waals surface area contributed by atoms with Crippen molar-refractivity contribution in [2.24, 2.45) is 7.05 Å². The molecule has 0 radical (unpaired) electrons. The molecule has 4 aromatic rings. The number of methoxy groups -OCH3 is 1. The quantitative estimate of drug-likeness (QED) is 0.325. The fourth-order valence-corrected chi connectivity index (χ4v) is 10.2. The van der Waals surface area contributed by atoms with E-state index in [0.717, 1.165) is 26.2 Å². The van der Waals surface area contributed by atoms with E-state index in [1.165, 1.54) is 43.5 Å². The smallest absolute Gasteiger partial charge is 0.419 e. The molecule has 1 aliphatic heterocycles. The van der Waals surface area contributed by atoms with E-state index in [4.69, 9.17) is 4.74 Å². The van der Waals surface area contributed by atoms with E-state index in [0.29, 0.717) is 10.9 Å². The maximum absolute atomic E-state index is 14.4. The highest BCUT2D eigenvalue weighted by Crippen LogP contribution is 2.41. The van der Waals surface area contributed by atoms with Crippen LogP contribution in [-0.4, -0.2) is 33.0 Å². The lowest BCUT2D eigenvalue weighted by molar-refractivity contribution is -0.229. The van der Waals surface area contributed by atoms with Crippen LogP contribution < -0.4 is 9.46 Å². The highest BCUT2D eigenvalue weighted by Gasteiger charge is 2.46. The van der Waals surface area contributed by atoms with Gasteiger partial charge in [0.05, 0.1) is 23.6 Å². The predicted molar refractivity (Wildman–Crippen MR) is 126 cm³/mol. The molecule has 1 atom stereocenters. The van der Waals surface area contributed by atoms with Crippen molar-refractivity contribution in [2.75, 3.05) is 11.8 Å². The SMILES string of the molecule is COC(=O)c1ccc2c(c1)[N+](S(=O)(=O)c1cccs1)=S(=O)(c1ccc3c(c1)c(=O)sn3C)N2. The van der Waals surface area contributed by atoms with E-state index in [-0.39, 0.29) is 30.8 Å². The maximum atomic E-state index is 14.4. The Morgan fingerprint density at radius 3 is 2.67 bits per heavy atom. The Hall–Kier alpha value is -3.00. The van der Waals surface area contributed by atoms with Gasteiger partial charge in [0, 0.05) is 13.1 Å². The second-order valence-corrected chi connectivity index (χ2v) is 13.5. The standard InChI is InChI=1S/C20H15N3O6S4/c1-22-16-8-6-13(11-14(16)20(25)31-22)32(26)21-15-7-5-12(19(24)29-2)10-17(15)23(32)33(27,28)18-4-3-9-30-18/h3-11H,1-2H3/p+1. The third-order valence-corrected chi connectivity index (χ3v) is 12.1. The predicted octanol–water partition coefficient (Wildman–Crippen LogP) is 3.35. The lowest BCUT2D eigenvalue weighted by Gasteiger charge is -2.06. The van der Waals surface area contributed by atoms with Crippen LogP contribution >= 0.6 is 22.9 Å². The molecule has 170 valence electrons. The zero-order chi connectivity index (χ0) is 23.5. The number of esters is 1. The molecule has 2 aromatic carbocycles. The molecule has 13 heteroatoms. The molecule has 0 saturated heterocycles. The molecule has 2 aromatic heterocycles. The number of benzene rings is 2. The number of carbonyl (C=O) groups excluding carboxylic acids is 1. The number of sulfonamides is 1. The summed E-state index contributed by atoms with van der Waals surface area (Å²) in [6.45, 7) is 0. The molecule has 1 N–H and O–H groups in total. The number of carbonyl (C=O) groups is 1. The van der Waals surface area contributed by atoms with Crippen molar-refractivity contribution < 1.29 is 25.5 Å². The second kappa shape index (κ2) is 7.52. The van der Waals surface area contributed by atoms with Crippen molar-refractivity contribution in [1.82, 2.24) is 3.96 Å². The summed E-state index contributed by atoms with van der Waals surface area (Å²) < 4.78 is 51.6. The fraction of sp³-hybridized carbons (Fsp3) is 0.100. The van der Waals surface area contributed by atoms with Crippen LogP contribution in [0.15, 0.2) is 67.8 Å². The summed E-state index contributed by atoms with van der Waals surface area (Å²) in [5, 5.41) is 1.94. The van der Waals surface area contributed by atoms with Crippen LogP contribution in [0.3, 0.4) is 0 Å². The van der Waals surface area contributed by atoms with Crippen LogP contribution in [0.25, 0.3) is 10.9 Å². The van der Waals surface area contributed by atoms with Gasteiger partial charge in [-0.15, -0.1) is 11.3 Å². The molecule has 0 bridgehead atoms. The molecule has 0 spiro atoms. The van der Waals surface area contributed by atoms with Crippen molar-refractivity contribution in [3.05, 3.63) is 69.0 Å². The van der Waals surface area contributed by atoms with Crippen molar-refractivity contribution in [3.8, 4) is 0 Å². The molecule has 1 aliphatic rings. The van der Waals surface area contributed by atoms with E-state index >= 15 is 0 Å². The number of aromatic nitrogens is 1. The van der Waals surface area contributed by atoms with Crippen molar-refractivity contribution in [2.45, 2.75) is 9.10 Å². The van der Waals surface area contributed by atoms with E-state index in [2.05, 4.69) is 4.72 Å². The summed E-state index contributed by atoms with van der Waals surface area (Å²) in [4.78, 5) is 24.6. The number of ether oxygens (including phenoxy) is 1. The Labute approximate surface area is 197 Å². The molecular weight excluding hydrogens is 507 g/mol. The van der Waals surface area contributed by atoms with Crippen molar-refractivity contribution in [3.63, 3.8) is 0 Å². The van der Waals surface area contributed by atoms with E-state index in [1.54, 1.807) is 28.5 Å². The first-order valence-electron chi connectivity index (χ1n) is 9.40. The summed E-state index contributed by atoms with van der Waals surface area (Å²) in [6.07, 6.45) is 0. The molecule has 5 rings (SSSR count). The van der Waals surface area contributed by atoms with Crippen molar-refractivity contribution in [1.29, 1.82) is 0 Å². The zero-order valence-electron chi connectivity index (χ0n) is 17.2. The van der Waals surface area contributed by atoms with Crippen LogP contribution in [0.5, 0.6) is 0 Å². The number of hydrogen-bond donors (Lipinski definition) is 1. The molecule has 0 aliphatic carbocycles. The van der Waals surface area contributed by atoms with Gasteiger partial charge in [-0.1, -0.05) is 0 Å². The Bertz CT molecular complexity index is 1740. The molecule has 0 saturated carbocycles. The normalized spacial score (nSPS) is 17.7. The average molecular weight is 523 g/mol. The zero-order valence-corrected chi connectivity index (χ0v) is 20.4. The Kier molecular flexibility index (Phi) is 4.97. The van der Waals surface area contributed by atoms with Gasteiger partial charge in [0.15, 0.2) is 4.21 Å². The number of fused-ring (bicyclic) bond motifs is 2. The average Bonchev–Trinajstić information content (AvgIpc) is 3.50. The third-order valence-electron chi connectivity index (χ3n) is 5.13. The van der Waals surface area contributed by atoms with Gasteiger partial charge in [0.1, 0.15) is 10.6 Å². The Morgan fingerprint density at radius 2 is 1.97 bits per heavy atom. The molecule has 3 heterocycles. The van der Waals surface area contributed by atoms with Gasteiger partial charge in [-0.2, -0.15) is 12.6 Å². The summed E-state index contributed by atoms with van der Waals surface area (Å²) in [7, 11) is -5.00. The van der Waals surface area contributed by atoms with Gasteiger partial charge in [0.25, 0.3) is 20.3 Å². The van der Waals surface area contributed by atoms with Crippen LogP contribution in [0.1, 0.15) is 10.4 Å². The summed E-state index contributed by atoms with van der Waals surface area (Å²) in [5.41, 5.74) is 1.07. The van der Waals surface area contributed by atoms with Crippen LogP contribution in [0, 0.1) is 0 Å². The number of nitrogens with zero attached hydrogens (tertiary/aromatic N) is 2. The number of rotatable bonds is 4.